The highest BCUT2D eigenvalue weighted by atomic mass is 28.4. The molecule has 1 aliphatic heterocycles. The van der Waals surface area contributed by atoms with Crippen molar-refractivity contribution < 1.29 is 23.5 Å². The Labute approximate surface area is 199 Å². The average Bonchev–Trinajstić information content (AvgIpc) is 2.63. The minimum atomic E-state index is -2.02. The summed E-state index contributed by atoms with van der Waals surface area (Å²) < 4.78 is 11.6. The number of carbonyl (C=O) groups excluding carboxylic acids is 3. The van der Waals surface area contributed by atoms with Gasteiger partial charge in [-0.1, -0.05) is 45.0 Å². The van der Waals surface area contributed by atoms with E-state index in [1.807, 2.05) is 39.8 Å². The Morgan fingerprint density at radius 1 is 1.09 bits per heavy atom. The Hall–Kier alpha value is -2.19. The topological polar surface area (TPSA) is 93.7 Å². The fraction of sp³-hybridized carbons (Fsp3) is 0.640. The quantitative estimate of drug-likeness (QED) is 0.319. The number of ether oxygens (including phenoxy) is 1. The number of Topliss-reactive ketones (excluding diaryl/α,β-unsaturated/α-hetero) is 1. The third kappa shape index (κ3) is 7.40. The van der Waals surface area contributed by atoms with Crippen LogP contribution in [0, 0.1) is 5.92 Å². The van der Waals surface area contributed by atoms with Crippen LogP contribution in [-0.2, 0) is 20.5 Å². The van der Waals surface area contributed by atoms with Gasteiger partial charge in [-0.3, -0.25) is 9.59 Å². The molecule has 2 N–H and O–H groups in total. The molecule has 8 heteroatoms. The summed E-state index contributed by atoms with van der Waals surface area (Å²) in [4.78, 5) is 36.9. The summed E-state index contributed by atoms with van der Waals surface area (Å²) in [5.41, 5.74) is 0.889. The normalized spacial score (nSPS) is 19.8. The molecule has 1 aromatic carbocycles. The van der Waals surface area contributed by atoms with Gasteiger partial charge in [0.2, 0.25) is 5.91 Å². The van der Waals surface area contributed by atoms with Crippen LogP contribution in [0.25, 0.3) is 0 Å². The highest BCUT2D eigenvalue weighted by molar-refractivity contribution is 6.74. The van der Waals surface area contributed by atoms with Gasteiger partial charge in [-0.05, 0) is 51.4 Å². The first-order valence-corrected chi connectivity index (χ1v) is 14.5. The molecule has 0 aromatic heterocycles. The second-order valence-corrected chi connectivity index (χ2v) is 16.2. The van der Waals surface area contributed by atoms with Crippen molar-refractivity contribution in [2.75, 3.05) is 0 Å². The van der Waals surface area contributed by atoms with Crippen LogP contribution < -0.4 is 10.6 Å². The molecule has 0 spiro atoms. The van der Waals surface area contributed by atoms with E-state index >= 15 is 0 Å². The van der Waals surface area contributed by atoms with E-state index < -0.39 is 20.0 Å². The van der Waals surface area contributed by atoms with Crippen LogP contribution in [0.2, 0.25) is 18.1 Å². The van der Waals surface area contributed by atoms with E-state index in [9.17, 15) is 14.4 Å². The van der Waals surface area contributed by atoms with E-state index in [4.69, 9.17) is 9.16 Å². The van der Waals surface area contributed by atoms with Crippen molar-refractivity contribution in [1.82, 2.24) is 10.6 Å². The Morgan fingerprint density at radius 3 is 2.15 bits per heavy atom. The molecule has 7 nitrogen and oxygen atoms in total. The van der Waals surface area contributed by atoms with E-state index in [1.54, 1.807) is 12.1 Å². The highest BCUT2D eigenvalue weighted by Gasteiger charge is 2.47. The molecule has 0 unspecified atom stereocenters. The first-order chi connectivity index (χ1) is 15.0. The number of hydrogen-bond donors (Lipinski definition) is 2. The van der Waals surface area contributed by atoms with Crippen LogP contribution >= 0.6 is 0 Å². The third-order valence-corrected chi connectivity index (χ3v) is 10.9. The zero-order chi connectivity index (χ0) is 25.2. The van der Waals surface area contributed by atoms with Gasteiger partial charge in [0.1, 0.15) is 5.60 Å². The molecule has 1 heterocycles. The number of ketones is 1. The van der Waals surface area contributed by atoms with E-state index in [0.717, 1.165) is 5.56 Å². The lowest BCUT2D eigenvalue weighted by Crippen LogP contribution is -2.64. The molecule has 0 bridgehead atoms. The summed E-state index contributed by atoms with van der Waals surface area (Å²) in [5.74, 6) is -0.404. The number of carbonyl (C=O) groups is 3. The summed E-state index contributed by atoms with van der Waals surface area (Å²) in [6, 6.07) is 6.90. The van der Waals surface area contributed by atoms with E-state index in [-0.39, 0.29) is 41.2 Å². The smallest absolute Gasteiger partial charge is 0.407 e. The lowest BCUT2D eigenvalue weighted by atomic mass is 9.82. The minimum Gasteiger partial charge on any atom is -0.444 e. The maximum absolute atomic E-state index is 12.8. The largest absolute Gasteiger partial charge is 0.444 e. The van der Waals surface area contributed by atoms with E-state index in [1.165, 1.54) is 0 Å². The molecule has 1 aromatic rings. The van der Waals surface area contributed by atoms with Gasteiger partial charge in [0, 0.05) is 18.5 Å². The van der Waals surface area contributed by atoms with Gasteiger partial charge in [0.05, 0.1) is 18.1 Å². The van der Waals surface area contributed by atoms with Gasteiger partial charge >= 0.3 is 6.09 Å². The fourth-order valence-electron chi connectivity index (χ4n) is 3.50. The summed E-state index contributed by atoms with van der Waals surface area (Å²) in [7, 11) is -2.02. The lowest BCUT2D eigenvalue weighted by molar-refractivity contribution is -0.139. The van der Waals surface area contributed by atoms with E-state index in [0.29, 0.717) is 12.1 Å². The Morgan fingerprint density at radius 2 is 1.67 bits per heavy atom. The first kappa shape index (κ1) is 27.1. The molecule has 33 heavy (non-hydrogen) atoms. The summed E-state index contributed by atoms with van der Waals surface area (Å²) in [6.07, 6.45) is -0.487. The van der Waals surface area contributed by atoms with Gasteiger partial charge < -0.3 is 19.8 Å². The van der Waals surface area contributed by atoms with Crippen LogP contribution in [0.4, 0.5) is 4.79 Å². The molecule has 1 fully saturated rings. The molecule has 1 saturated heterocycles. The van der Waals surface area contributed by atoms with Crippen LogP contribution in [0.5, 0.6) is 0 Å². The van der Waals surface area contributed by atoms with Crippen molar-refractivity contribution >= 4 is 26.1 Å². The molecule has 3 atom stereocenters. The predicted molar refractivity (Wildman–Crippen MR) is 132 cm³/mol. The molecule has 1 aliphatic rings. The SMILES string of the molecule is C[C@@H](O[Si](C)(C)C(C)(C)C)[C@H]1C(=O)N[C@@H]1CC(=O)c1ccc(CNC(=O)OC(C)(C)C)cc1. The second-order valence-electron chi connectivity index (χ2n) is 11.4. The summed E-state index contributed by atoms with van der Waals surface area (Å²) >= 11 is 0. The van der Waals surface area contributed by atoms with Crippen molar-refractivity contribution in [2.24, 2.45) is 5.92 Å². The molecule has 2 amide bonds. The molecule has 0 radical (unpaired) electrons. The molecular formula is C25H40N2O5Si. The van der Waals surface area contributed by atoms with Crippen molar-refractivity contribution in [3.8, 4) is 0 Å². The zero-order valence-electron chi connectivity index (χ0n) is 21.5. The van der Waals surface area contributed by atoms with Crippen molar-refractivity contribution in [3.05, 3.63) is 35.4 Å². The number of benzene rings is 1. The minimum absolute atomic E-state index is 0.0313. The Kier molecular flexibility index (Phi) is 8.17. The van der Waals surface area contributed by atoms with Gasteiger partial charge in [-0.2, -0.15) is 0 Å². The first-order valence-electron chi connectivity index (χ1n) is 11.6. The second kappa shape index (κ2) is 9.97. The van der Waals surface area contributed by atoms with Gasteiger partial charge in [0.25, 0.3) is 0 Å². The Bertz CT molecular complexity index is 868. The average molecular weight is 477 g/mol. The molecule has 2 rings (SSSR count). The number of nitrogens with one attached hydrogen (secondary N) is 2. The number of rotatable bonds is 8. The summed E-state index contributed by atoms with van der Waals surface area (Å²) in [6.45, 7) is 18.5. The molecule has 0 saturated carbocycles. The fourth-order valence-corrected chi connectivity index (χ4v) is 4.93. The number of β-lactam (4-membered cyclic amide) rings is 1. The Balaban J connectivity index is 1.92. The van der Waals surface area contributed by atoms with Crippen LogP contribution in [0.1, 0.15) is 70.8 Å². The number of alkyl carbamates (subject to hydrolysis) is 1. The van der Waals surface area contributed by atoms with Gasteiger partial charge in [-0.25, -0.2) is 4.79 Å². The zero-order valence-corrected chi connectivity index (χ0v) is 22.5. The van der Waals surface area contributed by atoms with Crippen LogP contribution in [0.15, 0.2) is 24.3 Å². The predicted octanol–water partition coefficient (Wildman–Crippen LogP) is 4.81. The standard InChI is InChI=1S/C25H40N2O5Si/c1-16(32-33(8,9)25(5,6)7)21-19(27-22(21)29)14-20(28)18-12-10-17(11-13-18)15-26-23(30)31-24(2,3)4/h10-13,16,19,21H,14-15H2,1-9H3,(H,26,30)(H,27,29)/t16-,19-,21-/m1/s1. The number of amides is 2. The monoisotopic (exact) mass is 476 g/mol. The third-order valence-electron chi connectivity index (χ3n) is 6.37. The highest BCUT2D eigenvalue weighted by Crippen LogP contribution is 2.39. The summed E-state index contributed by atoms with van der Waals surface area (Å²) in [5, 5.41) is 5.63. The van der Waals surface area contributed by atoms with Crippen molar-refractivity contribution in [2.45, 2.75) is 97.3 Å². The van der Waals surface area contributed by atoms with Crippen LogP contribution in [0.3, 0.4) is 0 Å². The maximum atomic E-state index is 12.8. The van der Waals surface area contributed by atoms with Gasteiger partial charge in [-0.15, -0.1) is 0 Å². The molecular weight excluding hydrogens is 436 g/mol. The van der Waals surface area contributed by atoms with Crippen molar-refractivity contribution in [1.29, 1.82) is 0 Å². The maximum Gasteiger partial charge on any atom is 0.407 e. The number of hydrogen-bond acceptors (Lipinski definition) is 5. The van der Waals surface area contributed by atoms with Crippen molar-refractivity contribution in [3.63, 3.8) is 0 Å². The van der Waals surface area contributed by atoms with E-state index in [2.05, 4.69) is 44.5 Å². The van der Waals surface area contributed by atoms with Crippen LogP contribution in [-0.4, -0.2) is 43.8 Å². The van der Waals surface area contributed by atoms with Gasteiger partial charge in [0.15, 0.2) is 14.1 Å². The molecule has 0 aliphatic carbocycles. The lowest BCUT2D eigenvalue weighted by Gasteiger charge is -2.45. The molecule has 184 valence electrons.